The number of nitrogens with one attached hydrogen (secondary N) is 1. The highest BCUT2D eigenvalue weighted by molar-refractivity contribution is 6.31. The number of methoxy groups -OCH3 is 2. The van der Waals surface area contributed by atoms with Crippen LogP contribution in [0.1, 0.15) is 30.1 Å². The molecule has 1 aliphatic rings. The number of hydrogen-bond acceptors (Lipinski definition) is 8. The zero-order valence-electron chi connectivity index (χ0n) is 21.3. The summed E-state index contributed by atoms with van der Waals surface area (Å²) in [6, 6.07) is 16.3. The van der Waals surface area contributed by atoms with E-state index in [0.29, 0.717) is 22.0 Å². The molecule has 0 amide bonds. The molecule has 0 aromatic heterocycles. The Kier molecular flexibility index (Phi) is 10.7. The predicted molar refractivity (Wildman–Crippen MR) is 141 cm³/mol. The monoisotopic (exact) mass is 540 g/mol. The third-order valence-electron chi connectivity index (χ3n) is 5.95. The van der Waals surface area contributed by atoms with Crippen molar-refractivity contribution in [3.63, 3.8) is 0 Å². The Labute approximate surface area is 225 Å². The van der Waals surface area contributed by atoms with Crippen molar-refractivity contribution in [2.24, 2.45) is 5.11 Å². The molecule has 10 nitrogen and oxygen atoms in total. The first kappa shape index (κ1) is 28.7. The van der Waals surface area contributed by atoms with E-state index in [2.05, 4.69) is 15.3 Å². The number of rotatable bonds is 12. The highest BCUT2D eigenvalue weighted by atomic mass is 35.5. The Morgan fingerprint density at radius 1 is 1.08 bits per heavy atom. The SMILES string of the molecule is COC(=O)C1=C(C)NC(COCCN=[N+]=[N-])=C(C(=O)OC[C@@H](OC)c2ccccc2)[C@@H]1c1ccccc1Cl. The van der Waals surface area contributed by atoms with Crippen molar-refractivity contribution in [3.8, 4) is 0 Å². The number of azide groups is 1. The van der Waals surface area contributed by atoms with E-state index in [1.54, 1.807) is 31.2 Å². The number of esters is 2. The van der Waals surface area contributed by atoms with Crippen LogP contribution in [0.25, 0.3) is 10.4 Å². The van der Waals surface area contributed by atoms with Crippen LogP contribution in [0.2, 0.25) is 5.02 Å². The molecule has 2 aromatic carbocycles. The van der Waals surface area contributed by atoms with Gasteiger partial charge in [-0.3, -0.25) is 0 Å². The topological polar surface area (TPSA) is 132 Å². The fourth-order valence-corrected chi connectivity index (χ4v) is 4.42. The van der Waals surface area contributed by atoms with Gasteiger partial charge in [0, 0.05) is 29.3 Å². The van der Waals surface area contributed by atoms with Gasteiger partial charge < -0.3 is 24.3 Å². The van der Waals surface area contributed by atoms with Crippen LogP contribution in [0.4, 0.5) is 0 Å². The van der Waals surface area contributed by atoms with Crippen LogP contribution in [0.3, 0.4) is 0 Å². The minimum absolute atomic E-state index is 0.0372. The Hall–Kier alpha value is -3.82. The first-order valence-electron chi connectivity index (χ1n) is 11.8. The number of dihydropyridines is 1. The van der Waals surface area contributed by atoms with Gasteiger partial charge in [-0.25, -0.2) is 9.59 Å². The van der Waals surface area contributed by atoms with Crippen LogP contribution in [0.5, 0.6) is 0 Å². The standard InChI is InChI=1S/C27H29ClN4O6/c1-17-23(26(33)36-3)24(19-11-7-8-12-20(19)28)25(21(31-17)15-37-14-13-30-32-29)27(34)38-16-22(35-2)18-9-5-4-6-10-18/h4-12,22,24,31H,13-16H2,1-3H3/t22-,24-/m1/s1. The summed E-state index contributed by atoms with van der Waals surface area (Å²) in [5.41, 5.74) is 11.1. The molecule has 0 fully saturated rings. The minimum Gasteiger partial charge on any atom is -0.466 e. The van der Waals surface area contributed by atoms with Crippen LogP contribution in [-0.4, -0.2) is 52.5 Å². The molecule has 3 rings (SSSR count). The average Bonchev–Trinajstić information content (AvgIpc) is 2.93. The fraction of sp³-hybridized carbons (Fsp3) is 0.333. The van der Waals surface area contributed by atoms with Gasteiger partial charge in [0.05, 0.1) is 43.1 Å². The summed E-state index contributed by atoms with van der Waals surface area (Å²) in [7, 11) is 2.80. The molecule has 38 heavy (non-hydrogen) atoms. The zero-order chi connectivity index (χ0) is 27.5. The van der Waals surface area contributed by atoms with Crippen molar-refractivity contribution in [2.75, 3.05) is 40.6 Å². The molecule has 0 aliphatic carbocycles. The quantitative estimate of drug-likeness (QED) is 0.132. The van der Waals surface area contributed by atoms with Gasteiger partial charge in [-0.2, -0.15) is 0 Å². The molecule has 0 saturated heterocycles. The number of hydrogen-bond donors (Lipinski definition) is 1. The predicted octanol–water partition coefficient (Wildman–Crippen LogP) is 4.99. The molecule has 2 atom stereocenters. The van der Waals surface area contributed by atoms with Gasteiger partial charge >= 0.3 is 11.9 Å². The molecule has 11 heteroatoms. The van der Waals surface area contributed by atoms with E-state index in [0.717, 1.165) is 5.56 Å². The first-order valence-corrected chi connectivity index (χ1v) is 12.2. The molecule has 1 aliphatic heterocycles. The number of benzene rings is 2. The van der Waals surface area contributed by atoms with Gasteiger partial charge in [-0.15, -0.1) is 0 Å². The average molecular weight is 541 g/mol. The maximum Gasteiger partial charge on any atom is 0.336 e. The molecule has 0 spiro atoms. The van der Waals surface area contributed by atoms with E-state index in [-0.39, 0.29) is 37.5 Å². The number of ether oxygens (including phenoxy) is 4. The second-order valence-corrected chi connectivity index (χ2v) is 8.65. The number of nitrogens with zero attached hydrogens (tertiary/aromatic N) is 3. The van der Waals surface area contributed by atoms with E-state index in [1.165, 1.54) is 14.2 Å². The van der Waals surface area contributed by atoms with Gasteiger partial charge in [-0.1, -0.05) is 65.2 Å². The van der Waals surface area contributed by atoms with Gasteiger partial charge in [0.1, 0.15) is 12.7 Å². The lowest BCUT2D eigenvalue weighted by molar-refractivity contribution is -0.143. The van der Waals surface area contributed by atoms with Crippen molar-refractivity contribution in [1.82, 2.24) is 5.32 Å². The van der Waals surface area contributed by atoms with Crippen molar-refractivity contribution in [3.05, 3.63) is 104 Å². The maximum atomic E-state index is 13.7. The van der Waals surface area contributed by atoms with E-state index in [1.807, 2.05) is 30.3 Å². The third-order valence-corrected chi connectivity index (χ3v) is 6.30. The van der Waals surface area contributed by atoms with Crippen LogP contribution < -0.4 is 5.32 Å². The molecule has 1 heterocycles. The molecular weight excluding hydrogens is 512 g/mol. The number of allylic oxidation sites excluding steroid dienone is 1. The summed E-state index contributed by atoms with van der Waals surface area (Å²) >= 11 is 6.56. The van der Waals surface area contributed by atoms with Gasteiger partial charge in [0.25, 0.3) is 0 Å². The lowest BCUT2D eigenvalue weighted by atomic mass is 9.80. The second kappa shape index (κ2) is 14.2. The zero-order valence-corrected chi connectivity index (χ0v) is 22.1. The van der Waals surface area contributed by atoms with Crippen molar-refractivity contribution < 1.29 is 28.5 Å². The Morgan fingerprint density at radius 2 is 1.79 bits per heavy atom. The van der Waals surface area contributed by atoms with Crippen LogP contribution in [-0.2, 0) is 28.5 Å². The number of carbonyl (C=O) groups is 2. The Balaban J connectivity index is 2.03. The lowest BCUT2D eigenvalue weighted by Crippen LogP contribution is -2.35. The lowest BCUT2D eigenvalue weighted by Gasteiger charge is -2.32. The third kappa shape index (κ3) is 6.93. The highest BCUT2D eigenvalue weighted by Crippen LogP contribution is 2.42. The normalized spacial score (nSPS) is 15.8. The number of halogens is 1. The Bertz CT molecular complexity index is 1260. The van der Waals surface area contributed by atoms with Crippen LogP contribution >= 0.6 is 11.6 Å². The van der Waals surface area contributed by atoms with E-state index in [4.69, 9.17) is 36.1 Å². The summed E-state index contributed by atoms with van der Waals surface area (Å²) in [6.07, 6.45) is -0.503. The fourth-order valence-electron chi connectivity index (χ4n) is 4.17. The molecule has 1 N–H and O–H groups in total. The highest BCUT2D eigenvalue weighted by Gasteiger charge is 2.40. The van der Waals surface area contributed by atoms with E-state index in [9.17, 15) is 9.59 Å². The molecule has 2 aromatic rings. The van der Waals surface area contributed by atoms with Crippen LogP contribution in [0, 0.1) is 0 Å². The van der Waals surface area contributed by atoms with E-state index >= 15 is 0 Å². The maximum absolute atomic E-state index is 13.7. The summed E-state index contributed by atoms with van der Waals surface area (Å²) in [4.78, 5) is 29.4. The summed E-state index contributed by atoms with van der Waals surface area (Å²) in [5, 5.41) is 6.93. The van der Waals surface area contributed by atoms with E-state index < -0.39 is 24.0 Å². The number of carbonyl (C=O) groups excluding carboxylic acids is 2. The molecule has 200 valence electrons. The molecule has 0 unspecified atom stereocenters. The van der Waals surface area contributed by atoms with Gasteiger partial charge in [0.15, 0.2) is 0 Å². The van der Waals surface area contributed by atoms with Gasteiger partial charge in [-0.05, 0) is 29.6 Å². The molecule has 0 saturated carbocycles. The van der Waals surface area contributed by atoms with Crippen molar-refractivity contribution in [2.45, 2.75) is 18.9 Å². The minimum atomic E-state index is -0.890. The van der Waals surface area contributed by atoms with Crippen LogP contribution in [0.15, 0.2) is 82.3 Å². The smallest absolute Gasteiger partial charge is 0.336 e. The molecular formula is C27H29ClN4O6. The molecule has 0 radical (unpaired) electrons. The summed E-state index contributed by atoms with van der Waals surface area (Å²) in [5.74, 6) is -2.19. The van der Waals surface area contributed by atoms with Crippen molar-refractivity contribution >= 4 is 23.5 Å². The largest absolute Gasteiger partial charge is 0.466 e. The second-order valence-electron chi connectivity index (χ2n) is 8.24. The Morgan fingerprint density at radius 3 is 2.45 bits per heavy atom. The van der Waals surface area contributed by atoms with Crippen molar-refractivity contribution in [1.29, 1.82) is 0 Å². The summed E-state index contributed by atoms with van der Waals surface area (Å²) < 4.78 is 22.0. The first-order chi connectivity index (χ1) is 18.4. The van der Waals surface area contributed by atoms with Gasteiger partial charge in [0.2, 0.25) is 0 Å². The summed E-state index contributed by atoms with van der Waals surface area (Å²) in [6.45, 7) is 1.84. The molecule has 0 bridgehead atoms.